The first-order valence-electron chi connectivity index (χ1n) is 8.43. The van der Waals surface area contributed by atoms with Gasteiger partial charge >= 0.3 is 0 Å². The van der Waals surface area contributed by atoms with Gasteiger partial charge in [0, 0.05) is 32.2 Å². The molecule has 1 atom stereocenters. The van der Waals surface area contributed by atoms with Gasteiger partial charge in [0.15, 0.2) is 0 Å². The van der Waals surface area contributed by atoms with E-state index >= 15 is 0 Å². The number of rotatable bonds is 2. The highest BCUT2D eigenvalue weighted by Gasteiger charge is 2.10. The topological polar surface area (TPSA) is 60.5 Å². The number of aliphatic imine (C=N–C) groups is 1. The third-order valence-electron chi connectivity index (χ3n) is 3.96. The minimum atomic E-state index is 0. The molecule has 0 amide bonds. The first-order chi connectivity index (χ1) is 11.4. The highest BCUT2D eigenvalue weighted by Crippen LogP contribution is 2.20. The predicted molar refractivity (Wildman–Crippen MR) is 107 cm³/mol. The molecule has 24 heavy (non-hydrogen) atoms. The molecule has 1 aliphatic rings. The number of halogens is 1. The summed E-state index contributed by atoms with van der Waals surface area (Å²) in [5.74, 6) is 0. The average molecular weight is 370 g/mol. The molecule has 1 aromatic rings. The minimum absolute atomic E-state index is 0. The van der Waals surface area contributed by atoms with Crippen LogP contribution in [0.5, 0.6) is 0 Å². The van der Waals surface area contributed by atoms with E-state index in [0.29, 0.717) is 6.04 Å². The van der Waals surface area contributed by atoms with Gasteiger partial charge in [0.05, 0.1) is 10.8 Å². The van der Waals surface area contributed by atoms with Gasteiger partial charge in [-0.05, 0) is 62.4 Å². The summed E-state index contributed by atoms with van der Waals surface area (Å²) in [5, 5.41) is 16.5. The van der Waals surface area contributed by atoms with Crippen molar-refractivity contribution < 1.29 is 0 Å². The lowest BCUT2D eigenvalue weighted by Gasteiger charge is -2.20. The SMILES string of the molecule is Cl.S=C=Nc1ccc(C2CCNCCNCCCNCCN2)cc1. The van der Waals surface area contributed by atoms with Crippen molar-refractivity contribution in [2.24, 2.45) is 4.99 Å². The molecular formula is C17H28ClN5S. The minimum Gasteiger partial charge on any atom is -0.315 e. The molecule has 1 heterocycles. The summed E-state index contributed by atoms with van der Waals surface area (Å²) in [4.78, 5) is 4.01. The Morgan fingerprint density at radius 3 is 2.17 bits per heavy atom. The maximum Gasteiger partial charge on any atom is 0.0739 e. The van der Waals surface area contributed by atoms with Gasteiger partial charge in [0.2, 0.25) is 0 Å². The third kappa shape index (κ3) is 8.31. The average Bonchev–Trinajstić information content (AvgIpc) is 2.58. The number of thiocarbonyl (C=S) groups is 1. The molecule has 1 saturated heterocycles. The zero-order valence-corrected chi connectivity index (χ0v) is 15.6. The maximum absolute atomic E-state index is 4.65. The van der Waals surface area contributed by atoms with Crippen LogP contribution < -0.4 is 21.3 Å². The van der Waals surface area contributed by atoms with E-state index in [2.05, 4.69) is 55.8 Å². The van der Waals surface area contributed by atoms with Crippen molar-refractivity contribution in [1.29, 1.82) is 0 Å². The zero-order chi connectivity index (χ0) is 16.2. The van der Waals surface area contributed by atoms with E-state index in [4.69, 9.17) is 0 Å². The largest absolute Gasteiger partial charge is 0.315 e. The number of benzene rings is 1. The van der Waals surface area contributed by atoms with Crippen LogP contribution >= 0.6 is 24.6 Å². The Labute approximate surface area is 156 Å². The fraction of sp³-hybridized carbons (Fsp3) is 0.588. The molecule has 1 unspecified atom stereocenters. The number of nitrogens with zero attached hydrogens (tertiary/aromatic N) is 1. The van der Waals surface area contributed by atoms with Crippen LogP contribution in [0.25, 0.3) is 0 Å². The molecule has 2 rings (SSSR count). The van der Waals surface area contributed by atoms with Crippen LogP contribution in [-0.4, -0.2) is 51.0 Å². The summed E-state index contributed by atoms with van der Waals surface area (Å²) < 4.78 is 0. The summed E-state index contributed by atoms with van der Waals surface area (Å²) in [5.41, 5.74) is 2.15. The molecule has 134 valence electrons. The van der Waals surface area contributed by atoms with Gasteiger partial charge in [-0.15, -0.1) is 12.4 Å². The fourth-order valence-electron chi connectivity index (χ4n) is 2.69. The molecular weight excluding hydrogens is 342 g/mol. The van der Waals surface area contributed by atoms with E-state index in [1.165, 1.54) is 12.0 Å². The summed E-state index contributed by atoms with van der Waals surface area (Å²) in [6, 6.07) is 8.60. The molecule has 0 saturated carbocycles. The second-order valence-electron chi connectivity index (χ2n) is 5.69. The summed E-state index contributed by atoms with van der Waals surface area (Å²) in [6.07, 6.45) is 2.24. The lowest BCUT2D eigenvalue weighted by atomic mass is 10.0. The number of hydrogen-bond donors (Lipinski definition) is 4. The van der Waals surface area contributed by atoms with Crippen molar-refractivity contribution in [1.82, 2.24) is 21.3 Å². The van der Waals surface area contributed by atoms with Gasteiger partial charge in [0.25, 0.3) is 0 Å². The molecule has 0 spiro atoms. The molecule has 1 aliphatic heterocycles. The standard InChI is InChI=1S/C17H27N5S.ClH/c23-14-22-16-4-2-15(3-5-16)17-6-9-20-11-10-18-7-1-8-19-12-13-21-17;/h2-5,17-21H,1,6-13H2;1H. The van der Waals surface area contributed by atoms with Gasteiger partial charge in [-0.3, -0.25) is 0 Å². The number of hydrogen-bond acceptors (Lipinski definition) is 6. The van der Waals surface area contributed by atoms with Crippen molar-refractivity contribution in [2.45, 2.75) is 18.9 Å². The van der Waals surface area contributed by atoms with Crippen LogP contribution in [-0.2, 0) is 0 Å². The Balaban J connectivity index is 0.00000288. The molecule has 5 nitrogen and oxygen atoms in total. The van der Waals surface area contributed by atoms with Gasteiger partial charge in [-0.1, -0.05) is 12.1 Å². The molecule has 1 aromatic carbocycles. The van der Waals surface area contributed by atoms with Crippen LogP contribution in [0.4, 0.5) is 5.69 Å². The lowest BCUT2D eigenvalue weighted by Crippen LogP contribution is -2.35. The van der Waals surface area contributed by atoms with E-state index in [9.17, 15) is 0 Å². The quantitative estimate of drug-likeness (QED) is 0.474. The van der Waals surface area contributed by atoms with Crippen LogP contribution in [0.15, 0.2) is 29.3 Å². The molecule has 4 N–H and O–H groups in total. The van der Waals surface area contributed by atoms with Crippen molar-refractivity contribution in [3.8, 4) is 0 Å². The van der Waals surface area contributed by atoms with Gasteiger partial charge in [-0.2, -0.15) is 4.99 Å². The first-order valence-corrected chi connectivity index (χ1v) is 8.84. The van der Waals surface area contributed by atoms with Gasteiger partial charge in [0.1, 0.15) is 0 Å². The van der Waals surface area contributed by atoms with Crippen LogP contribution in [0, 0.1) is 0 Å². The number of isothiocyanates is 1. The zero-order valence-electron chi connectivity index (χ0n) is 14.0. The van der Waals surface area contributed by atoms with E-state index in [-0.39, 0.29) is 12.4 Å². The molecule has 0 aromatic heterocycles. The Morgan fingerprint density at radius 2 is 1.50 bits per heavy atom. The summed E-state index contributed by atoms with van der Waals surface area (Å²) in [6.45, 7) is 7.17. The normalized spacial score (nSPS) is 20.9. The Morgan fingerprint density at radius 1 is 0.875 bits per heavy atom. The highest BCUT2D eigenvalue weighted by atomic mass is 35.5. The predicted octanol–water partition coefficient (Wildman–Crippen LogP) is 2.04. The smallest absolute Gasteiger partial charge is 0.0739 e. The Hall–Kier alpha value is -0.850. The molecule has 0 aliphatic carbocycles. The van der Waals surface area contributed by atoms with Gasteiger partial charge < -0.3 is 21.3 Å². The molecule has 7 heteroatoms. The van der Waals surface area contributed by atoms with E-state index in [1.54, 1.807) is 0 Å². The fourth-order valence-corrected chi connectivity index (χ4v) is 2.80. The highest BCUT2D eigenvalue weighted by molar-refractivity contribution is 7.78. The molecule has 1 fully saturated rings. The first kappa shape index (κ1) is 21.2. The third-order valence-corrected chi connectivity index (χ3v) is 4.05. The van der Waals surface area contributed by atoms with Crippen LogP contribution in [0.3, 0.4) is 0 Å². The second-order valence-corrected chi connectivity index (χ2v) is 5.88. The lowest BCUT2D eigenvalue weighted by molar-refractivity contribution is 0.461. The summed E-state index contributed by atoms with van der Waals surface area (Å²) in [7, 11) is 0. The van der Waals surface area contributed by atoms with Crippen LogP contribution in [0.1, 0.15) is 24.4 Å². The number of nitrogens with one attached hydrogen (secondary N) is 4. The summed E-state index contributed by atoms with van der Waals surface area (Å²) >= 11 is 4.65. The maximum atomic E-state index is 4.65. The molecule has 0 bridgehead atoms. The Bertz CT molecular complexity index is 476. The van der Waals surface area contributed by atoms with E-state index in [0.717, 1.165) is 57.9 Å². The molecule has 0 radical (unpaired) electrons. The van der Waals surface area contributed by atoms with E-state index < -0.39 is 0 Å². The van der Waals surface area contributed by atoms with Crippen LogP contribution in [0.2, 0.25) is 0 Å². The van der Waals surface area contributed by atoms with E-state index in [1.807, 2.05) is 12.1 Å². The second kappa shape index (κ2) is 13.4. The van der Waals surface area contributed by atoms with Crippen molar-refractivity contribution in [3.63, 3.8) is 0 Å². The van der Waals surface area contributed by atoms with Crippen molar-refractivity contribution in [2.75, 3.05) is 45.8 Å². The Kier molecular flexibility index (Phi) is 11.9. The van der Waals surface area contributed by atoms with Crippen molar-refractivity contribution >= 4 is 35.5 Å². The monoisotopic (exact) mass is 369 g/mol. The van der Waals surface area contributed by atoms with Gasteiger partial charge in [-0.25, -0.2) is 0 Å². The van der Waals surface area contributed by atoms with Crippen molar-refractivity contribution in [3.05, 3.63) is 29.8 Å².